The highest BCUT2D eigenvalue weighted by Gasteiger charge is 2.38. The first-order valence-electron chi connectivity index (χ1n) is 11.0. The van der Waals surface area contributed by atoms with Crippen LogP contribution in [0.3, 0.4) is 0 Å². The Balaban J connectivity index is 5.76. The molecule has 0 heterocycles. The fourth-order valence-electron chi connectivity index (χ4n) is 3.52. The molecule has 174 valence electrons. The van der Waals surface area contributed by atoms with Gasteiger partial charge in [0.1, 0.15) is 6.04 Å². The molecular weight excluding hydrogens is 382 g/mol. The van der Waals surface area contributed by atoms with Crippen LogP contribution in [0.1, 0.15) is 68.2 Å². The average Bonchev–Trinajstić information content (AvgIpc) is 2.70. The van der Waals surface area contributed by atoms with Gasteiger partial charge in [0.05, 0.1) is 18.2 Å². The van der Waals surface area contributed by atoms with Crippen LogP contribution in [0.2, 0.25) is 0 Å². The molecule has 0 saturated heterocycles. The Morgan fingerprint density at radius 3 is 1.93 bits per heavy atom. The van der Waals surface area contributed by atoms with Crippen LogP contribution in [-0.4, -0.2) is 61.0 Å². The van der Waals surface area contributed by atoms with Crippen molar-refractivity contribution in [3.63, 3.8) is 0 Å². The molecule has 0 radical (unpaired) electrons. The molecule has 0 aromatic heterocycles. The van der Waals surface area contributed by atoms with Crippen molar-refractivity contribution in [2.24, 2.45) is 11.8 Å². The minimum atomic E-state index is -0.705. The third-order valence-electron chi connectivity index (χ3n) is 5.84. The van der Waals surface area contributed by atoms with Gasteiger partial charge in [-0.25, -0.2) is 4.79 Å². The van der Waals surface area contributed by atoms with Gasteiger partial charge in [-0.1, -0.05) is 47.6 Å². The summed E-state index contributed by atoms with van der Waals surface area (Å²) in [6, 6.07) is -0.961. The summed E-state index contributed by atoms with van der Waals surface area (Å²) >= 11 is 0. The van der Waals surface area contributed by atoms with Gasteiger partial charge in [0.2, 0.25) is 11.8 Å². The quantitative estimate of drug-likeness (QED) is 0.371. The lowest BCUT2D eigenvalue weighted by Gasteiger charge is -2.36. The van der Waals surface area contributed by atoms with E-state index in [0.29, 0.717) is 25.0 Å². The van der Waals surface area contributed by atoms with Crippen LogP contribution in [0.25, 0.3) is 0 Å². The van der Waals surface area contributed by atoms with Crippen LogP contribution in [0.4, 0.5) is 0 Å². The Hall–Kier alpha value is -1.89. The Kier molecular flexibility index (Phi) is 11.9. The second-order valence-electron chi connectivity index (χ2n) is 8.49. The van der Waals surface area contributed by atoms with Gasteiger partial charge in [-0.05, 0) is 45.6 Å². The van der Waals surface area contributed by atoms with E-state index >= 15 is 0 Å². The fraction of sp³-hybridized carbons (Fsp3) is 0.783. The topological polar surface area (TPSA) is 87.7 Å². The summed E-state index contributed by atoms with van der Waals surface area (Å²) in [6.45, 7) is 15.5. The molecule has 0 rings (SSSR count). The molecule has 2 atom stereocenters. The van der Waals surface area contributed by atoms with Gasteiger partial charge in [0.15, 0.2) is 0 Å². The van der Waals surface area contributed by atoms with E-state index in [-0.39, 0.29) is 35.7 Å². The summed E-state index contributed by atoms with van der Waals surface area (Å²) in [5.74, 6) is -0.746. The fourth-order valence-corrected chi connectivity index (χ4v) is 3.52. The van der Waals surface area contributed by atoms with Crippen LogP contribution in [0.5, 0.6) is 0 Å². The molecule has 2 amide bonds. The molecule has 2 N–H and O–H groups in total. The third kappa shape index (κ3) is 7.11. The molecule has 0 aromatic carbocycles. The molecule has 0 saturated carbocycles. The minimum absolute atomic E-state index is 0.0783. The number of hydrogen-bond acceptors (Lipinski definition) is 5. The number of hydrogen-bond donors (Lipinski definition) is 2. The zero-order valence-corrected chi connectivity index (χ0v) is 20.6. The van der Waals surface area contributed by atoms with Crippen molar-refractivity contribution in [3.05, 3.63) is 11.6 Å². The van der Waals surface area contributed by atoms with Crippen molar-refractivity contribution >= 4 is 17.8 Å². The monoisotopic (exact) mass is 425 g/mol. The van der Waals surface area contributed by atoms with Gasteiger partial charge in [-0.15, -0.1) is 0 Å². The molecule has 0 aliphatic carbocycles. The number of esters is 1. The van der Waals surface area contributed by atoms with E-state index in [4.69, 9.17) is 4.74 Å². The summed E-state index contributed by atoms with van der Waals surface area (Å²) in [6.07, 6.45) is 3.02. The summed E-state index contributed by atoms with van der Waals surface area (Å²) in [4.78, 5) is 40.1. The third-order valence-corrected chi connectivity index (χ3v) is 5.84. The lowest BCUT2D eigenvalue weighted by molar-refractivity contribution is -0.140. The first-order chi connectivity index (χ1) is 13.9. The smallest absolute Gasteiger partial charge is 0.333 e. The summed E-state index contributed by atoms with van der Waals surface area (Å²) in [5.41, 5.74) is -0.240. The number of carbonyl (C=O) groups excluding carboxylic acids is 3. The van der Waals surface area contributed by atoms with Gasteiger partial charge < -0.3 is 20.3 Å². The molecular formula is C23H43N3O4. The second kappa shape index (κ2) is 12.7. The van der Waals surface area contributed by atoms with Crippen LogP contribution < -0.4 is 10.6 Å². The zero-order valence-electron chi connectivity index (χ0n) is 20.6. The van der Waals surface area contributed by atoms with Crippen molar-refractivity contribution in [1.82, 2.24) is 15.5 Å². The molecule has 0 bridgehead atoms. The number of nitrogens with one attached hydrogen (secondary N) is 2. The largest absolute Gasteiger partial charge is 0.463 e. The van der Waals surface area contributed by atoms with Crippen molar-refractivity contribution in [1.29, 1.82) is 0 Å². The van der Waals surface area contributed by atoms with E-state index in [1.54, 1.807) is 38.9 Å². The Morgan fingerprint density at radius 1 is 1.03 bits per heavy atom. The van der Waals surface area contributed by atoms with E-state index in [1.165, 1.54) is 0 Å². The first kappa shape index (κ1) is 28.1. The maximum Gasteiger partial charge on any atom is 0.333 e. The second-order valence-corrected chi connectivity index (χ2v) is 8.49. The molecule has 30 heavy (non-hydrogen) atoms. The molecule has 0 spiro atoms. The molecule has 0 aliphatic rings. The van der Waals surface area contributed by atoms with Crippen molar-refractivity contribution in [2.45, 2.75) is 85.9 Å². The van der Waals surface area contributed by atoms with Crippen LogP contribution >= 0.6 is 0 Å². The Bertz CT molecular complexity index is 601. The van der Waals surface area contributed by atoms with Gasteiger partial charge in [0, 0.05) is 12.6 Å². The molecule has 7 heteroatoms. The number of carbonyl (C=O) groups is 3. The van der Waals surface area contributed by atoms with E-state index in [1.807, 2.05) is 41.5 Å². The maximum absolute atomic E-state index is 13.4. The number of rotatable bonds is 12. The maximum atomic E-state index is 13.4. The van der Waals surface area contributed by atoms with E-state index in [9.17, 15) is 14.4 Å². The first-order valence-corrected chi connectivity index (χ1v) is 11.0. The molecule has 0 aromatic rings. The highest BCUT2D eigenvalue weighted by molar-refractivity contribution is 5.92. The normalized spacial score (nSPS) is 14.5. The van der Waals surface area contributed by atoms with Crippen molar-refractivity contribution in [2.75, 3.05) is 20.7 Å². The van der Waals surface area contributed by atoms with E-state index in [2.05, 4.69) is 10.6 Å². The van der Waals surface area contributed by atoms with Gasteiger partial charge in [-0.2, -0.15) is 0 Å². The lowest BCUT2D eigenvalue weighted by Crippen LogP contribution is -2.61. The number of ether oxygens (including phenoxy) is 1. The van der Waals surface area contributed by atoms with Crippen LogP contribution in [-0.2, 0) is 19.1 Å². The highest BCUT2D eigenvalue weighted by atomic mass is 16.5. The predicted molar refractivity (Wildman–Crippen MR) is 121 cm³/mol. The Labute approximate surface area is 183 Å². The zero-order chi connectivity index (χ0) is 23.6. The molecule has 1 unspecified atom stereocenters. The molecule has 7 nitrogen and oxygen atoms in total. The molecule has 0 fully saturated rings. The van der Waals surface area contributed by atoms with Gasteiger partial charge >= 0.3 is 5.97 Å². The number of amides is 2. The average molecular weight is 426 g/mol. The standard InChI is InChI=1S/C23H43N3O4/c1-11-23(12-2,24-9)22(29)25-19(16(6)7)20(27)26(10)18(15(4)5)14-17(8)21(28)30-13-3/h14-16,18-19,24H,11-13H2,1-10H3,(H,25,29)/b17-14+/t18-,19?/m1/s1. The number of nitrogens with zero attached hydrogens (tertiary/aromatic N) is 1. The number of likely N-dealkylation sites (N-methyl/N-ethyl adjacent to an activating group) is 2. The van der Waals surface area contributed by atoms with E-state index in [0.717, 1.165) is 0 Å². The highest BCUT2D eigenvalue weighted by Crippen LogP contribution is 2.19. The van der Waals surface area contributed by atoms with Crippen LogP contribution in [0.15, 0.2) is 11.6 Å². The predicted octanol–water partition coefficient (Wildman–Crippen LogP) is 2.90. The van der Waals surface area contributed by atoms with Crippen LogP contribution in [0, 0.1) is 11.8 Å². The van der Waals surface area contributed by atoms with Crippen molar-refractivity contribution < 1.29 is 19.1 Å². The summed E-state index contributed by atoms with van der Waals surface area (Å²) < 4.78 is 5.06. The van der Waals surface area contributed by atoms with E-state index < -0.39 is 11.6 Å². The van der Waals surface area contributed by atoms with Crippen molar-refractivity contribution in [3.8, 4) is 0 Å². The Morgan fingerprint density at radius 2 is 1.57 bits per heavy atom. The lowest BCUT2D eigenvalue weighted by atomic mass is 9.90. The summed E-state index contributed by atoms with van der Waals surface area (Å²) in [7, 11) is 3.48. The van der Waals surface area contributed by atoms with Gasteiger partial charge in [0.25, 0.3) is 0 Å². The SMILES string of the molecule is CCOC(=O)/C(C)=C/[C@H](C(C)C)N(C)C(=O)C(NC(=O)C(CC)(CC)NC)C(C)C. The summed E-state index contributed by atoms with van der Waals surface area (Å²) in [5, 5.41) is 6.10. The van der Waals surface area contributed by atoms with Gasteiger partial charge in [-0.3, -0.25) is 9.59 Å². The molecule has 0 aliphatic heterocycles. The minimum Gasteiger partial charge on any atom is -0.463 e.